The van der Waals surface area contributed by atoms with E-state index in [1.165, 1.54) is 0 Å². The molecule has 5 nitrogen and oxygen atoms in total. The van der Waals surface area contributed by atoms with Crippen LogP contribution in [0, 0.1) is 0 Å². The first-order valence-electron chi connectivity index (χ1n) is 5.95. The highest BCUT2D eigenvalue weighted by Gasteiger charge is 2.10. The molecule has 0 fully saturated rings. The van der Waals surface area contributed by atoms with Crippen LogP contribution >= 0.6 is 0 Å². The highest BCUT2D eigenvalue weighted by atomic mass is 16.2. The van der Waals surface area contributed by atoms with Gasteiger partial charge < -0.3 is 10.3 Å². The number of benzene rings is 1. The smallest absolute Gasteiger partial charge is 0.287 e. The summed E-state index contributed by atoms with van der Waals surface area (Å²) in [5, 5.41) is 2.80. The van der Waals surface area contributed by atoms with E-state index in [4.69, 9.17) is 0 Å². The molecule has 94 valence electrons. The van der Waals surface area contributed by atoms with Crippen LogP contribution in [-0.2, 0) is 6.54 Å². The van der Waals surface area contributed by atoms with E-state index in [0.29, 0.717) is 12.4 Å². The summed E-state index contributed by atoms with van der Waals surface area (Å²) < 4.78 is 0. The molecule has 2 N–H and O–H groups in total. The maximum Gasteiger partial charge on any atom is 0.287 e. The van der Waals surface area contributed by atoms with Gasteiger partial charge >= 0.3 is 0 Å². The molecular formula is C14H12N4O. The van der Waals surface area contributed by atoms with Crippen LogP contribution < -0.4 is 5.32 Å². The largest absolute Gasteiger partial charge is 0.345 e. The second-order valence-corrected chi connectivity index (χ2v) is 4.15. The molecule has 0 saturated carbocycles. The van der Waals surface area contributed by atoms with Gasteiger partial charge in [-0.2, -0.15) is 0 Å². The maximum atomic E-state index is 12.0. The lowest BCUT2D eigenvalue weighted by Crippen LogP contribution is -2.23. The quantitative estimate of drug-likeness (QED) is 0.747. The predicted molar refractivity (Wildman–Crippen MR) is 71.5 cm³/mol. The van der Waals surface area contributed by atoms with Gasteiger partial charge in [-0.15, -0.1) is 0 Å². The van der Waals surface area contributed by atoms with E-state index in [0.717, 1.165) is 16.6 Å². The first-order valence-corrected chi connectivity index (χ1v) is 5.95. The van der Waals surface area contributed by atoms with E-state index in [2.05, 4.69) is 20.3 Å². The lowest BCUT2D eigenvalue weighted by atomic mass is 10.3. The SMILES string of the molecule is O=C(NCc1cccnc1)c1nc2ccccc2[nH]1. The van der Waals surface area contributed by atoms with Gasteiger partial charge in [0.1, 0.15) is 0 Å². The number of pyridine rings is 1. The van der Waals surface area contributed by atoms with Crippen LogP contribution in [0.2, 0.25) is 0 Å². The second kappa shape index (κ2) is 4.89. The van der Waals surface area contributed by atoms with Crippen LogP contribution in [0.4, 0.5) is 0 Å². The molecule has 2 aromatic heterocycles. The molecule has 0 unspecified atom stereocenters. The summed E-state index contributed by atoms with van der Waals surface area (Å²) in [5.41, 5.74) is 2.59. The third-order valence-electron chi connectivity index (χ3n) is 2.78. The van der Waals surface area contributed by atoms with E-state index < -0.39 is 0 Å². The Morgan fingerprint density at radius 1 is 1.21 bits per heavy atom. The van der Waals surface area contributed by atoms with Gasteiger partial charge in [0.15, 0.2) is 5.82 Å². The molecule has 5 heteroatoms. The predicted octanol–water partition coefficient (Wildman–Crippen LogP) is 1.89. The van der Waals surface area contributed by atoms with Crippen molar-refractivity contribution in [3.05, 3.63) is 60.2 Å². The zero-order chi connectivity index (χ0) is 13.1. The molecule has 1 aromatic carbocycles. The standard InChI is InChI=1S/C14H12N4O/c19-14(16-9-10-4-3-7-15-8-10)13-17-11-5-1-2-6-12(11)18-13/h1-8H,9H2,(H,16,19)(H,17,18). The molecule has 3 rings (SSSR count). The zero-order valence-corrected chi connectivity index (χ0v) is 10.1. The number of hydrogen-bond acceptors (Lipinski definition) is 3. The molecule has 2 heterocycles. The average molecular weight is 252 g/mol. The molecule has 1 amide bonds. The highest BCUT2D eigenvalue weighted by molar-refractivity contribution is 5.94. The Bertz CT molecular complexity index is 673. The van der Waals surface area contributed by atoms with Crippen molar-refractivity contribution in [1.29, 1.82) is 0 Å². The fraction of sp³-hybridized carbons (Fsp3) is 0.0714. The highest BCUT2D eigenvalue weighted by Crippen LogP contribution is 2.10. The monoisotopic (exact) mass is 252 g/mol. The molecule has 0 aliphatic rings. The summed E-state index contributed by atoms with van der Waals surface area (Å²) in [6.07, 6.45) is 3.42. The normalized spacial score (nSPS) is 10.5. The van der Waals surface area contributed by atoms with Crippen LogP contribution in [-0.4, -0.2) is 20.9 Å². The fourth-order valence-corrected chi connectivity index (χ4v) is 1.83. The van der Waals surface area contributed by atoms with Gasteiger partial charge in [-0.05, 0) is 23.8 Å². The number of para-hydroxylation sites is 2. The van der Waals surface area contributed by atoms with Crippen molar-refractivity contribution in [2.24, 2.45) is 0 Å². The van der Waals surface area contributed by atoms with Crippen LogP contribution in [0.3, 0.4) is 0 Å². The second-order valence-electron chi connectivity index (χ2n) is 4.15. The van der Waals surface area contributed by atoms with Gasteiger partial charge in [0.2, 0.25) is 0 Å². The summed E-state index contributed by atoms with van der Waals surface area (Å²) in [4.78, 5) is 23.2. The van der Waals surface area contributed by atoms with E-state index in [1.807, 2.05) is 36.4 Å². The van der Waals surface area contributed by atoms with Gasteiger partial charge in [0.25, 0.3) is 5.91 Å². The number of carbonyl (C=O) groups is 1. The summed E-state index contributed by atoms with van der Waals surface area (Å²) in [5.74, 6) is 0.102. The Morgan fingerprint density at radius 3 is 2.89 bits per heavy atom. The molecule has 0 aliphatic carbocycles. The maximum absolute atomic E-state index is 12.0. The number of rotatable bonds is 3. The summed E-state index contributed by atoms with van der Waals surface area (Å²) in [6.45, 7) is 0.434. The number of amides is 1. The minimum atomic E-state index is -0.222. The Balaban J connectivity index is 1.73. The number of aromatic nitrogens is 3. The van der Waals surface area contributed by atoms with Gasteiger partial charge in [-0.1, -0.05) is 18.2 Å². The number of H-pyrrole nitrogens is 1. The van der Waals surface area contributed by atoms with Crippen molar-refractivity contribution in [2.75, 3.05) is 0 Å². The van der Waals surface area contributed by atoms with Crippen LogP contribution in [0.15, 0.2) is 48.8 Å². The summed E-state index contributed by atoms with van der Waals surface area (Å²) >= 11 is 0. The third kappa shape index (κ3) is 2.44. The minimum absolute atomic E-state index is 0.222. The van der Waals surface area contributed by atoms with Crippen molar-refractivity contribution >= 4 is 16.9 Å². The fourth-order valence-electron chi connectivity index (χ4n) is 1.83. The van der Waals surface area contributed by atoms with E-state index >= 15 is 0 Å². The molecule has 0 spiro atoms. The molecule has 0 aliphatic heterocycles. The third-order valence-corrected chi connectivity index (χ3v) is 2.78. The number of nitrogens with one attached hydrogen (secondary N) is 2. The first kappa shape index (κ1) is 11.4. The minimum Gasteiger partial charge on any atom is -0.345 e. The Labute approximate surface area is 109 Å². The number of hydrogen-bond donors (Lipinski definition) is 2. The van der Waals surface area contributed by atoms with Crippen LogP contribution in [0.1, 0.15) is 16.2 Å². The number of imidazole rings is 1. The number of carbonyl (C=O) groups excluding carboxylic acids is 1. The van der Waals surface area contributed by atoms with E-state index in [-0.39, 0.29) is 5.91 Å². The summed E-state index contributed by atoms with van der Waals surface area (Å²) in [7, 11) is 0. The van der Waals surface area contributed by atoms with Crippen molar-refractivity contribution in [1.82, 2.24) is 20.3 Å². The van der Waals surface area contributed by atoms with Crippen LogP contribution in [0.5, 0.6) is 0 Å². The van der Waals surface area contributed by atoms with Crippen LogP contribution in [0.25, 0.3) is 11.0 Å². The lowest BCUT2D eigenvalue weighted by molar-refractivity contribution is 0.0942. The van der Waals surface area contributed by atoms with Crippen molar-refractivity contribution < 1.29 is 4.79 Å². The van der Waals surface area contributed by atoms with Gasteiger partial charge in [0.05, 0.1) is 11.0 Å². The molecule has 0 atom stereocenters. The molecule has 0 saturated heterocycles. The Hall–Kier alpha value is -2.69. The Morgan fingerprint density at radius 2 is 2.11 bits per heavy atom. The molecule has 19 heavy (non-hydrogen) atoms. The van der Waals surface area contributed by atoms with Crippen molar-refractivity contribution in [2.45, 2.75) is 6.54 Å². The summed E-state index contributed by atoms with van der Waals surface area (Å²) in [6, 6.07) is 11.3. The van der Waals surface area contributed by atoms with Gasteiger partial charge in [-0.3, -0.25) is 9.78 Å². The van der Waals surface area contributed by atoms with Gasteiger partial charge in [-0.25, -0.2) is 4.98 Å². The molecular weight excluding hydrogens is 240 g/mol. The average Bonchev–Trinajstić information content (AvgIpc) is 2.90. The molecule has 3 aromatic rings. The van der Waals surface area contributed by atoms with E-state index in [1.54, 1.807) is 12.4 Å². The van der Waals surface area contributed by atoms with Crippen molar-refractivity contribution in [3.63, 3.8) is 0 Å². The van der Waals surface area contributed by atoms with E-state index in [9.17, 15) is 4.79 Å². The zero-order valence-electron chi connectivity index (χ0n) is 10.1. The Kier molecular flexibility index (Phi) is 2.94. The molecule has 0 radical (unpaired) electrons. The first-order chi connectivity index (χ1) is 9.33. The molecule has 0 bridgehead atoms. The number of fused-ring (bicyclic) bond motifs is 1. The number of nitrogens with zero attached hydrogens (tertiary/aromatic N) is 2. The van der Waals surface area contributed by atoms with Gasteiger partial charge in [0, 0.05) is 18.9 Å². The lowest BCUT2D eigenvalue weighted by Gasteiger charge is -2.02. The van der Waals surface area contributed by atoms with Crippen molar-refractivity contribution in [3.8, 4) is 0 Å². The number of aromatic amines is 1. The topological polar surface area (TPSA) is 70.7 Å².